The molecular weight excluding hydrogens is 486 g/mol. The molecule has 0 spiro atoms. The molecule has 37 heavy (non-hydrogen) atoms. The summed E-state index contributed by atoms with van der Waals surface area (Å²) in [4.78, 5) is 35.6. The van der Waals surface area contributed by atoms with Crippen molar-refractivity contribution in [2.75, 3.05) is 38.1 Å². The molecule has 3 heterocycles. The number of nitriles is 1. The van der Waals surface area contributed by atoms with Crippen molar-refractivity contribution in [1.82, 2.24) is 15.2 Å². The number of likely N-dealkylation sites (tertiary alicyclic amines) is 1. The first-order valence-corrected chi connectivity index (χ1v) is 13.6. The van der Waals surface area contributed by atoms with Crippen molar-refractivity contribution in [1.29, 1.82) is 5.26 Å². The largest absolute Gasteiger partial charge is 0.349 e. The second-order valence-corrected chi connectivity index (χ2v) is 11.5. The van der Waals surface area contributed by atoms with E-state index in [1.165, 1.54) is 0 Å². The lowest BCUT2D eigenvalue weighted by atomic mass is 9.77. The van der Waals surface area contributed by atoms with Gasteiger partial charge in [0.05, 0.1) is 11.6 Å². The first-order chi connectivity index (χ1) is 17.8. The van der Waals surface area contributed by atoms with Crippen molar-refractivity contribution in [3.05, 3.63) is 58.7 Å². The van der Waals surface area contributed by atoms with Crippen LogP contribution in [0.2, 0.25) is 5.02 Å². The van der Waals surface area contributed by atoms with E-state index < -0.39 is 0 Å². The van der Waals surface area contributed by atoms with E-state index in [4.69, 9.17) is 11.6 Å². The Bertz CT molecular complexity index is 1180. The molecule has 3 aliphatic rings. The van der Waals surface area contributed by atoms with Crippen LogP contribution in [0.15, 0.2) is 42.6 Å². The Morgan fingerprint density at radius 2 is 1.86 bits per heavy atom. The molecule has 1 N–H and O–H groups in total. The van der Waals surface area contributed by atoms with Gasteiger partial charge in [-0.1, -0.05) is 30.7 Å². The van der Waals surface area contributed by atoms with Crippen LogP contribution in [0.4, 0.5) is 5.82 Å². The fourth-order valence-electron chi connectivity index (χ4n) is 5.99. The van der Waals surface area contributed by atoms with Gasteiger partial charge < -0.3 is 15.1 Å². The molecule has 0 bridgehead atoms. The molecule has 1 saturated carbocycles. The second-order valence-electron chi connectivity index (χ2n) is 11.1. The van der Waals surface area contributed by atoms with Gasteiger partial charge in [0.25, 0.3) is 0 Å². The molecule has 1 aromatic heterocycles. The van der Waals surface area contributed by atoms with E-state index >= 15 is 0 Å². The van der Waals surface area contributed by atoms with E-state index in [1.54, 1.807) is 12.3 Å². The van der Waals surface area contributed by atoms with E-state index in [0.29, 0.717) is 42.3 Å². The van der Waals surface area contributed by atoms with E-state index in [0.717, 1.165) is 31.5 Å². The summed E-state index contributed by atoms with van der Waals surface area (Å²) in [6.07, 6.45) is 4.88. The van der Waals surface area contributed by atoms with Crippen molar-refractivity contribution in [3.8, 4) is 6.07 Å². The number of benzene rings is 1. The average Bonchev–Trinajstić information content (AvgIpc) is 3.51. The van der Waals surface area contributed by atoms with Crippen molar-refractivity contribution >= 4 is 29.1 Å². The van der Waals surface area contributed by atoms with Crippen LogP contribution >= 0.6 is 11.6 Å². The Morgan fingerprint density at radius 1 is 1.16 bits per heavy atom. The molecule has 5 rings (SSSR count). The van der Waals surface area contributed by atoms with Crippen molar-refractivity contribution in [2.45, 2.75) is 44.6 Å². The summed E-state index contributed by atoms with van der Waals surface area (Å²) in [6.45, 7) is 4.84. The molecule has 1 amide bonds. The third-order valence-electron chi connectivity index (χ3n) is 8.61. The molecular formula is C29H34ClN5O2. The maximum Gasteiger partial charge on any atom is 0.228 e. The summed E-state index contributed by atoms with van der Waals surface area (Å²) in [7, 11) is 1.93. The minimum Gasteiger partial charge on any atom is -0.349 e. The minimum atomic E-state index is -0.385. The molecule has 2 aliphatic heterocycles. The summed E-state index contributed by atoms with van der Waals surface area (Å²) in [5.41, 5.74) is 1.47. The van der Waals surface area contributed by atoms with Crippen LogP contribution in [0.1, 0.15) is 49.7 Å². The number of pyridine rings is 1. The van der Waals surface area contributed by atoms with Crippen LogP contribution in [0.3, 0.4) is 0 Å². The van der Waals surface area contributed by atoms with Gasteiger partial charge in [0.15, 0.2) is 5.78 Å². The fraction of sp³-hybridized carbons (Fsp3) is 0.517. The zero-order valence-corrected chi connectivity index (χ0v) is 22.2. The Hall–Kier alpha value is -2.95. The number of piperidine rings is 1. The van der Waals surface area contributed by atoms with Crippen molar-refractivity contribution in [2.24, 2.45) is 17.3 Å². The van der Waals surface area contributed by atoms with E-state index in [1.807, 2.05) is 42.0 Å². The number of ketones is 1. The highest BCUT2D eigenvalue weighted by atomic mass is 35.5. The number of Topliss-reactive ketones (excluding diaryl/α,β-unsaturated/α-hetero) is 1. The molecule has 1 aliphatic carbocycles. The summed E-state index contributed by atoms with van der Waals surface area (Å²) < 4.78 is 0. The lowest BCUT2D eigenvalue weighted by molar-refractivity contribution is -0.139. The molecule has 3 fully saturated rings. The zero-order chi connectivity index (χ0) is 26.2. The molecule has 2 saturated heterocycles. The number of carbonyl (C=O) groups is 2. The Morgan fingerprint density at radius 3 is 2.46 bits per heavy atom. The van der Waals surface area contributed by atoms with Crippen LogP contribution in [0.5, 0.6) is 0 Å². The number of hydrogen-bond acceptors (Lipinski definition) is 6. The number of halogens is 1. The van der Waals surface area contributed by atoms with Crippen LogP contribution in [-0.4, -0.2) is 60.8 Å². The Kier molecular flexibility index (Phi) is 7.24. The van der Waals surface area contributed by atoms with Gasteiger partial charge in [-0.3, -0.25) is 9.59 Å². The van der Waals surface area contributed by atoms with Gasteiger partial charge in [-0.05, 0) is 55.5 Å². The third-order valence-corrected chi connectivity index (χ3v) is 8.86. The highest BCUT2D eigenvalue weighted by Crippen LogP contribution is 2.47. The number of hydrogen-bond donors (Lipinski definition) is 1. The van der Waals surface area contributed by atoms with Gasteiger partial charge in [0.2, 0.25) is 5.91 Å². The molecule has 0 radical (unpaired) electrons. The fourth-order valence-corrected chi connectivity index (χ4v) is 6.12. The number of anilines is 1. The van der Waals surface area contributed by atoms with Gasteiger partial charge in [-0.15, -0.1) is 0 Å². The Balaban J connectivity index is 1.39. The smallest absolute Gasteiger partial charge is 0.228 e. The molecule has 1 aromatic carbocycles. The average molecular weight is 520 g/mol. The van der Waals surface area contributed by atoms with Crippen molar-refractivity contribution in [3.63, 3.8) is 0 Å². The van der Waals surface area contributed by atoms with Crippen LogP contribution < -0.4 is 10.2 Å². The highest BCUT2D eigenvalue weighted by molar-refractivity contribution is 6.30. The molecule has 8 heteroatoms. The van der Waals surface area contributed by atoms with Gasteiger partial charge in [-0.2, -0.15) is 5.26 Å². The predicted octanol–water partition coefficient (Wildman–Crippen LogP) is 4.02. The van der Waals surface area contributed by atoms with Crippen LogP contribution in [0.25, 0.3) is 0 Å². The summed E-state index contributed by atoms with van der Waals surface area (Å²) in [6, 6.07) is 13.2. The highest BCUT2D eigenvalue weighted by Gasteiger charge is 2.48. The van der Waals surface area contributed by atoms with Gasteiger partial charge >= 0.3 is 0 Å². The number of amides is 1. The Labute approximate surface area is 223 Å². The van der Waals surface area contributed by atoms with Crippen LogP contribution in [0, 0.1) is 28.6 Å². The standard InChI is InChI=1S/C29H34ClN5O2/c1-29(11-12-29)28(37)35-13-9-21(10-14-35)27(36)26(34(2)25-8-3-19(15-31)16-33-25)24-18-32-17-23(24)20-4-6-22(30)7-5-20/h3-8,16,21,23-24,26,32H,9-14,17-18H2,1-2H3/t23-,24-,26?/m1/s1. The minimum absolute atomic E-state index is 0.0427. The number of nitrogens with one attached hydrogen (secondary N) is 1. The SMILES string of the molecule is CN(c1ccc(C#N)cn1)C(C(=O)C1CCN(C(=O)C2(C)CC2)CC1)[C@@H]1CNC[C@@H]1c1ccc(Cl)cc1. The second kappa shape index (κ2) is 10.4. The third kappa shape index (κ3) is 5.23. The van der Waals surface area contributed by atoms with Gasteiger partial charge in [-0.25, -0.2) is 4.98 Å². The van der Waals surface area contributed by atoms with Gasteiger partial charge in [0.1, 0.15) is 11.9 Å². The van der Waals surface area contributed by atoms with Crippen LogP contribution in [-0.2, 0) is 9.59 Å². The topological polar surface area (TPSA) is 89.3 Å². The molecule has 2 aromatic rings. The molecule has 7 nitrogen and oxygen atoms in total. The first-order valence-electron chi connectivity index (χ1n) is 13.2. The summed E-state index contributed by atoms with van der Waals surface area (Å²) >= 11 is 6.15. The summed E-state index contributed by atoms with van der Waals surface area (Å²) in [5, 5.41) is 13.4. The van der Waals surface area contributed by atoms with E-state index in [2.05, 4.69) is 28.5 Å². The molecule has 194 valence electrons. The normalized spacial score (nSPS) is 23.8. The maximum absolute atomic E-state index is 14.3. The lowest BCUT2D eigenvalue weighted by Crippen LogP contribution is -2.51. The number of carbonyl (C=O) groups excluding carboxylic acids is 2. The molecule has 1 unspecified atom stereocenters. The number of nitrogens with zero attached hydrogens (tertiary/aromatic N) is 4. The first kappa shape index (κ1) is 25.7. The van der Waals surface area contributed by atoms with E-state index in [-0.39, 0.29) is 40.9 Å². The summed E-state index contributed by atoms with van der Waals surface area (Å²) in [5.74, 6) is 1.23. The lowest BCUT2D eigenvalue weighted by Gasteiger charge is -2.39. The van der Waals surface area contributed by atoms with Gasteiger partial charge in [0, 0.05) is 67.6 Å². The zero-order valence-electron chi connectivity index (χ0n) is 21.5. The van der Waals surface area contributed by atoms with E-state index in [9.17, 15) is 14.9 Å². The maximum atomic E-state index is 14.3. The van der Waals surface area contributed by atoms with Crippen molar-refractivity contribution < 1.29 is 9.59 Å². The molecule has 3 atom stereocenters. The predicted molar refractivity (Wildman–Crippen MR) is 143 cm³/mol. The number of likely N-dealkylation sites (N-methyl/N-ethyl adjacent to an activating group) is 1. The number of rotatable bonds is 7. The quantitative estimate of drug-likeness (QED) is 0.594. The monoisotopic (exact) mass is 519 g/mol. The number of aromatic nitrogens is 1.